The lowest BCUT2D eigenvalue weighted by molar-refractivity contribution is 0.848. The molecular weight excluding hydrogens is 88.1 g/mol. The predicted octanol–water partition coefficient (Wildman–Crippen LogP) is 0.768. The van der Waals surface area contributed by atoms with Crippen molar-refractivity contribution in [3.63, 3.8) is 0 Å². The second kappa shape index (κ2) is 3.40. The highest BCUT2D eigenvalue weighted by atomic mass is 15.0. The minimum atomic E-state index is 0.641. The molecule has 0 rings (SSSR count). The minimum Gasteiger partial charge on any atom is -0.371 e. The number of rotatable bonds is 3. The average Bonchev–Trinajstić information content (AvgIpc) is 1.68. The molecule has 0 fully saturated rings. The summed E-state index contributed by atoms with van der Waals surface area (Å²) < 4.78 is 0. The average molecular weight is 98.1 g/mol. The fourth-order valence-electron chi connectivity index (χ4n) is 0.260. The maximum Gasteiger partial charge on any atom is 0.117 e. The fraction of sp³-hybridized carbons (Fsp3) is 0.400. The van der Waals surface area contributed by atoms with Crippen LogP contribution in [0.3, 0.4) is 0 Å². The van der Waals surface area contributed by atoms with Crippen molar-refractivity contribution in [2.24, 2.45) is 4.99 Å². The van der Waals surface area contributed by atoms with Crippen LogP contribution in [-0.2, 0) is 0 Å². The Bertz CT molecular complexity index is 76.1. The Hall–Kier alpha value is -0.790. The van der Waals surface area contributed by atoms with E-state index in [-0.39, 0.29) is 0 Å². The Balaban J connectivity index is 3.17. The van der Waals surface area contributed by atoms with Crippen molar-refractivity contribution in [1.29, 1.82) is 0 Å². The van der Waals surface area contributed by atoms with E-state index in [9.17, 15) is 0 Å². The van der Waals surface area contributed by atoms with Gasteiger partial charge in [0, 0.05) is 6.54 Å². The summed E-state index contributed by atoms with van der Waals surface area (Å²) >= 11 is 0. The van der Waals surface area contributed by atoms with Crippen molar-refractivity contribution in [3.05, 3.63) is 12.4 Å². The van der Waals surface area contributed by atoms with Crippen LogP contribution < -0.4 is 5.32 Å². The van der Waals surface area contributed by atoms with Crippen LogP contribution in [0.2, 0.25) is 0 Å². The Kier molecular flexibility index (Phi) is 3.02. The Labute approximate surface area is 44.0 Å². The van der Waals surface area contributed by atoms with Crippen molar-refractivity contribution >= 4 is 6.72 Å². The van der Waals surface area contributed by atoms with Gasteiger partial charge in [-0.2, -0.15) is 0 Å². The largest absolute Gasteiger partial charge is 0.371 e. The summed E-state index contributed by atoms with van der Waals surface area (Å²) in [4.78, 5) is 3.52. The second-order valence-electron chi connectivity index (χ2n) is 1.14. The summed E-state index contributed by atoms with van der Waals surface area (Å²) in [5.74, 6) is 0.641. The topological polar surface area (TPSA) is 24.4 Å². The summed E-state index contributed by atoms with van der Waals surface area (Å²) in [6.45, 7) is 9.63. The molecule has 0 unspecified atom stereocenters. The highest BCUT2D eigenvalue weighted by molar-refractivity contribution is 5.27. The molecule has 0 aromatic heterocycles. The van der Waals surface area contributed by atoms with Crippen molar-refractivity contribution in [3.8, 4) is 0 Å². The number of nitrogens with zero attached hydrogens (tertiary/aromatic N) is 1. The van der Waals surface area contributed by atoms with E-state index >= 15 is 0 Å². The molecular formula is C5H10N2. The zero-order valence-corrected chi connectivity index (χ0v) is 4.57. The monoisotopic (exact) mass is 98.1 g/mol. The van der Waals surface area contributed by atoms with Crippen LogP contribution in [0, 0.1) is 0 Å². The van der Waals surface area contributed by atoms with Crippen LogP contribution in [-0.4, -0.2) is 13.3 Å². The van der Waals surface area contributed by atoms with E-state index in [2.05, 4.69) is 23.6 Å². The minimum absolute atomic E-state index is 0.641. The number of hydrogen-bond donors (Lipinski definition) is 1. The molecule has 0 saturated heterocycles. The number of hydrogen-bond acceptors (Lipinski definition) is 2. The van der Waals surface area contributed by atoms with Gasteiger partial charge in [-0.05, 0) is 13.6 Å². The summed E-state index contributed by atoms with van der Waals surface area (Å²) in [5.41, 5.74) is 0. The van der Waals surface area contributed by atoms with Gasteiger partial charge in [-0.25, -0.2) is 4.99 Å². The molecule has 0 saturated carbocycles. The predicted molar refractivity (Wildman–Crippen MR) is 32.4 cm³/mol. The Morgan fingerprint density at radius 3 is 2.57 bits per heavy atom. The second-order valence-corrected chi connectivity index (χ2v) is 1.14. The lowest BCUT2D eigenvalue weighted by Gasteiger charge is -1.95. The molecule has 0 heterocycles. The SMILES string of the molecule is C=NC(=C)NCC. The fourth-order valence-corrected chi connectivity index (χ4v) is 0.260. The van der Waals surface area contributed by atoms with E-state index in [1.54, 1.807) is 0 Å². The van der Waals surface area contributed by atoms with E-state index in [0.29, 0.717) is 5.82 Å². The molecule has 0 aromatic rings. The third-order valence-electron chi connectivity index (χ3n) is 0.572. The first-order valence-electron chi connectivity index (χ1n) is 2.20. The summed E-state index contributed by atoms with van der Waals surface area (Å²) in [7, 11) is 0. The molecule has 2 nitrogen and oxygen atoms in total. The molecule has 2 heteroatoms. The van der Waals surface area contributed by atoms with Crippen molar-refractivity contribution < 1.29 is 0 Å². The van der Waals surface area contributed by atoms with Crippen molar-refractivity contribution in [2.75, 3.05) is 6.54 Å². The van der Waals surface area contributed by atoms with E-state index in [1.807, 2.05) is 6.92 Å². The Morgan fingerprint density at radius 2 is 2.43 bits per heavy atom. The molecule has 0 spiro atoms. The first kappa shape index (κ1) is 6.21. The van der Waals surface area contributed by atoms with Gasteiger partial charge in [0.05, 0.1) is 0 Å². The third-order valence-corrected chi connectivity index (χ3v) is 0.572. The maximum absolute atomic E-state index is 3.52. The van der Waals surface area contributed by atoms with E-state index in [4.69, 9.17) is 0 Å². The molecule has 0 radical (unpaired) electrons. The van der Waals surface area contributed by atoms with Crippen molar-refractivity contribution in [2.45, 2.75) is 6.92 Å². The zero-order chi connectivity index (χ0) is 5.70. The molecule has 0 aromatic carbocycles. The molecule has 40 valence electrons. The maximum atomic E-state index is 3.52. The molecule has 0 aliphatic heterocycles. The van der Waals surface area contributed by atoms with Gasteiger partial charge < -0.3 is 5.32 Å². The van der Waals surface area contributed by atoms with Crippen molar-refractivity contribution in [1.82, 2.24) is 5.32 Å². The van der Waals surface area contributed by atoms with Gasteiger partial charge in [-0.3, -0.25) is 0 Å². The van der Waals surface area contributed by atoms with Gasteiger partial charge in [0.2, 0.25) is 0 Å². The van der Waals surface area contributed by atoms with Gasteiger partial charge in [-0.15, -0.1) is 0 Å². The van der Waals surface area contributed by atoms with Gasteiger partial charge in [-0.1, -0.05) is 6.58 Å². The molecule has 0 aliphatic carbocycles. The van der Waals surface area contributed by atoms with E-state index < -0.39 is 0 Å². The molecule has 0 atom stereocenters. The number of aliphatic imine (C=N–C) groups is 1. The van der Waals surface area contributed by atoms with Crippen LogP contribution in [0.15, 0.2) is 17.4 Å². The summed E-state index contributed by atoms with van der Waals surface area (Å²) in [6.07, 6.45) is 0. The molecule has 1 N–H and O–H groups in total. The first-order chi connectivity index (χ1) is 3.31. The smallest absolute Gasteiger partial charge is 0.117 e. The van der Waals surface area contributed by atoms with Gasteiger partial charge in [0.25, 0.3) is 0 Å². The van der Waals surface area contributed by atoms with Gasteiger partial charge >= 0.3 is 0 Å². The molecule has 7 heavy (non-hydrogen) atoms. The third kappa shape index (κ3) is 3.03. The van der Waals surface area contributed by atoms with E-state index in [1.165, 1.54) is 0 Å². The highest BCUT2D eigenvalue weighted by Gasteiger charge is 1.76. The molecule has 0 aliphatic rings. The normalized spacial score (nSPS) is 7.57. The lowest BCUT2D eigenvalue weighted by atomic mass is 10.7. The van der Waals surface area contributed by atoms with Crippen LogP contribution >= 0.6 is 0 Å². The standard InChI is InChI=1S/C5H10N2/c1-4-7-5(2)6-3/h7H,2-4H2,1H3. The quantitative estimate of drug-likeness (QED) is 0.518. The van der Waals surface area contributed by atoms with Gasteiger partial charge in [0.1, 0.15) is 5.82 Å². The van der Waals surface area contributed by atoms with Crippen LogP contribution in [0.1, 0.15) is 6.92 Å². The zero-order valence-electron chi connectivity index (χ0n) is 4.57. The summed E-state index contributed by atoms with van der Waals surface area (Å²) in [5, 5.41) is 2.87. The highest BCUT2D eigenvalue weighted by Crippen LogP contribution is 1.78. The molecule has 0 amide bonds. The van der Waals surface area contributed by atoms with Crippen LogP contribution in [0.25, 0.3) is 0 Å². The van der Waals surface area contributed by atoms with Crippen LogP contribution in [0.5, 0.6) is 0 Å². The first-order valence-corrected chi connectivity index (χ1v) is 2.20. The lowest BCUT2D eigenvalue weighted by Crippen LogP contribution is -2.08. The summed E-state index contributed by atoms with van der Waals surface area (Å²) in [6, 6.07) is 0. The molecule has 0 bridgehead atoms. The number of nitrogens with one attached hydrogen (secondary N) is 1. The van der Waals surface area contributed by atoms with Gasteiger partial charge in [0.15, 0.2) is 0 Å². The Morgan fingerprint density at radius 1 is 1.86 bits per heavy atom. The van der Waals surface area contributed by atoms with E-state index in [0.717, 1.165) is 6.54 Å². The van der Waals surface area contributed by atoms with Crippen LogP contribution in [0.4, 0.5) is 0 Å².